The fourth-order valence-corrected chi connectivity index (χ4v) is 7.48. The van der Waals surface area contributed by atoms with Crippen LogP contribution in [0.3, 0.4) is 0 Å². The molecule has 2 nitrogen and oxygen atoms in total. The molecule has 0 heterocycles. The molecule has 4 saturated carbocycles. The summed E-state index contributed by atoms with van der Waals surface area (Å²) in [6.07, 6.45) is 10.6. The van der Waals surface area contributed by atoms with Gasteiger partial charge in [-0.05, 0) is 99.2 Å². The summed E-state index contributed by atoms with van der Waals surface area (Å²) < 4.78 is 0. The van der Waals surface area contributed by atoms with E-state index < -0.39 is 5.60 Å². The average molecular weight is 306 g/mol. The molecular weight excluding hydrogens is 272 g/mol. The molecule has 0 spiro atoms. The Morgan fingerprint density at radius 3 is 2.32 bits per heavy atom. The molecule has 2 N–H and O–H groups in total. The monoisotopic (exact) mass is 306 g/mol. The van der Waals surface area contributed by atoms with Crippen molar-refractivity contribution in [1.82, 2.24) is 0 Å². The largest absolute Gasteiger partial charge is 0.393 e. The predicted molar refractivity (Wildman–Crippen MR) is 88.4 cm³/mol. The smallest absolute Gasteiger partial charge is 0.0675 e. The van der Waals surface area contributed by atoms with Crippen LogP contribution < -0.4 is 0 Å². The second-order valence-corrected chi connectivity index (χ2v) is 9.85. The van der Waals surface area contributed by atoms with Crippen molar-refractivity contribution >= 4 is 0 Å². The maximum atomic E-state index is 10.9. The number of fused-ring (bicyclic) bond motifs is 5. The van der Waals surface area contributed by atoms with Crippen LogP contribution in [0, 0.1) is 34.5 Å². The van der Waals surface area contributed by atoms with Crippen molar-refractivity contribution in [3.8, 4) is 0 Å². The van der Waals surface area contributed by atoms with E-state index in [0.29, 0.717) is 5.41 Å². The third-order valence-corrected chi connectivity index (χ3v) is 9.20. The lowest BCUT2D eigenvalue weighted by Gasteiger charge is -2.61. The van der Waals surface area contributed by atoms with Gasteiger partial charge in [0.25, 0.3) is 0 Å². The Kier molecular flexibility index (Phi) is 3.32. The van der Waals surface area contributed by atoms with E-state index in [-0.39, 0.29) is 11.5 Å². The third-order valence-electron chi connectivity index (χ3n) is 9.20. The van der Waals surface area contributed by atoms with Gasteiger partial charge in [-0.2, -0.15) is 0 Å². The molecule has 0 aromatic rings. The number of rotatable bonds is 0. The normalized spacial score (nSPS) is 61.2. The van der Waals surface area contributed by atoms with Crippen LogP contribution in [0.1, 0.15) is 78.6 Å². The van der Waals surface area contributed by atoms with Crippen LogP contribution in [0.15, 0.2) is 0 Å². The Hall–Kier alpha value is -0.0800. The summed E-state index contributed by atoms with van der Waals surface area (Å²) >= 11 is 0. The van der Waals surface area contributed by atoms with Gasteiger partial charge >= 0.3 is 0 Å². The van der Waals surface area contributed by atoms with E-state index in [1.807, 2.05) is 0 Å². The van der Waals surface area contributed by atoms with Gasteiger partial charge in [0.15, 0.2) is 0 Å². The first kappa shape index (κ1) is 15.4. The molecule has 0 saturated heterocycles. The van der Waals surface area contributed by atoms with Crippen LogP contribution >= 0.6 is 0 Å². The van der Waals surface area contributed by atoms with Gasteiger partial charge in [-0.3, -0.25) is 0 Å². The Balaban J connectivity index is 1.64. The topological polar surface area (TPSA) is 40.5 Å². The zero-order chi connectivity index (χ0) is 15.8. The molecule has 4 fully saturated rings. The van der Waals surface area contributed by atoms with Gasteiger partial charge in [-0.15, -0.1) is 0 Å². The van der Waals surface area contributed by atoms with E-state index in [2.05, 4.69) is 20.8 Å². The van der Waals surface area contributed by atoms with Crippen molar-refractivity contribution in [1.29, 1.82) is 0 Å². The Morgan fingerprint density at radius 1 is 0.818 bits per heavy atom. The number of aliphatic hydroxyl groups excluding tert-OH is 1. The minimum atomic E-state index is -0.455. The number of hydrogen-bond donors (Lipinski definition) is 2. The molecule has 0 aromatic heterocycles. The van der Waals surface area contributed by atoms with E-state index in [0.717, 1.165) is 42.9 Å². The molecule has 0 radical (unpaired) electrons. The maximum Gasteiger partial charge on any atom is 0.0675 e. The van der Waals surface area contributed by atoms with Crippen LogP contribution in [-0.2, 0) is 0 Å². The molecule has 4 aliphatic carbocycles. The molecule has 0 bridgehead atoms. The van der Waals surface area contributed by atoms with Gasteiger partial charge < -0.3 is 10.2 Å². The summed E-state index contributed by atoms with van der Waals surface area (Å²) in [5, 5.41) is 21.0. The Labute approximate surface area is 135 Å². The van der Waals surface area contributed by atoms with E-state index in [9.17, 15) is 10.2 Å². The molecule has 8 atom stereocenters. The lowest BCUT2D eigenvalue weighted by molar-refractivity contribution is -0.153. The summed E-state index contributed by atoms with van der Waals surface area (Å²) in [6, 6.07) is 0. The molecular formula is C20H34O2. The van der Waals surface area contributed by atoms with Crippen LogP contribution in [0.5, 0.6) is 0 Å². The SMILES string of the molecule is C[C@]12CCC3C(CC[C@@H]4C[C@H](O)CC[C@]34C)C1CC[C@@]2(C)O. The van der Waals surface area contributed by atoms with Gasteiger partial charge in [0.2, 0.25) is 0 Å². The quantitative estimate of drug-likeness (QED) is 0.706. The van der Waals surface area contributed by atoms with E-state index >= 15 is 0 Å². The molecule has 2 heteroatoms. The second-order valence-electron chi connectivity index (χ2n) is 9.85. The molecule has 4 rings (SSSR count). The third kappa shape index (κ3) is 1.86. The van der Waals surface area contributed by atoms with Gasteiger partial charge in [-0.1, -0.05) is 13.8 Å². The molecule has 3 unspecified atom stereocenters. The summed E-state index contributed by atoms with van der Waals surface area (Å²) in [5.41, 5.74) is 0.145. The summed E-state index contributed by atoms with van der Waals surface area (Å²) in [5.74, 6) is 3.13. The lowest BCUT2D eigenvalue weighted by atomic mass is 9.44. The highest BCUT2D eigenvalue weighted by Gasteiger charge is 2.63. The summed E-state index contributed by atoms with van der Waals surface area (Å²) in [6.45, 7) is 7.01. The predicted octanol–water partition coefficient (Wildman–Crippen LogP) is 4.14. The van der Waals surface area contributed by atoms with Crippen LogP contribution in [0.2, 0.25) is 0 Å². The minimum Gasteiger partial charge on any atom is -0.393 e. The Bertz CT molecular complexity index is 459. The average Bonchev–Trinajstić information content (AvgIpc) is 2.70. The molecule has 0 aliphatic heterocycles. The van der Waals surface area contributed by atoms with Crippen LogP contribution in [0.25, 0.3) is 0 Å². The summed E-state index contributed by atoms with van der Waals surface area (Å²) in [4.78, 5) is 0. The first-order valence-electron chi connectivity index (χ1n) is 9.68. The number of aliphatic hydroxyl groups is 2. The Morgan fingerprint density at radius 2 is 1.55 bits per heavy atom. The minimum absolute atomic E-state index is 0.0457. The van der Waals surface area contributed by atoms with Gasteiger partial charge in [0, 0.05) is 0 Å². The molecule has 0 aromatic carbocycles. The van der Waals surface area contributed by atoms with Crippen molar-refractivity contribution in [2.24, 2.45) is 34.5 Å². The van der Waals surface area contributed by atoms with Gasteiger partial charge in [-0.25, -0.2) is 0 Å². The zero-order valence-electron chi connectivity index (χ0n) is 14.6. The van der Waals surface area contributed by atoms with Crippen molar-refractivity contribution in [2.75, 3.05) is 0 Å². The van der Waals surface area contributed by atoms with Crippen LogP contribution in [0.4, 0.5) is 0 Å². The summed E-state index contributed by atoms with van der Waals surface area (Å²) in [7, 11) is 0. The molecule has 4 aliphatic rings. The van der Waals surface area contributed by atoms with E-state index in [1.165, 1.54) is 38.5 Å². The van der Waals surface area contributed by atoms with Gasteiger partial charge in [0.1, 0.15) is 0 Å². The standard InChI is InChI=1S/C20H34O2/c1-18-9-6-14(21)12-13(18)4-5-15-16(18)7-10-19(2)17(15)8-11-20(19,3)22/h13-17,21-22H,4-12H2,1-3H3/t13-,14-,15?,16?,17?,18+,19+,20-/m1/s1. The highest BCUT2D eigenvalue weighted by atomic mass is 16.3. The molecule has 22 heavy (non-hydrogen) atoms. The van der Waals surface area contributed by atoms with Crippen LogP contribution in [-0.4, -0.2) is 21.9 Å². The zero-order valence-corrected chi connectivity index (χ0v) is 14.6. The molecule has 126 valence electrons. The fourth-order valence-electron chi connectivity index (χ4n) is 7.48. The highest BCUT2D eigenvalue weighted by molar-refractivity contribution is 5.12. The van der Waals surface area contributed by atoms with Crippen molar-refractivity contribution < 1.29 is 10.2 Å². The molecule has 0 amide bonds. The highest BCUT2D eigenvalue weighted by Crippen LogP contribution is 2.68. The first-order valence-corrected chi connectivity index (χ1v) is 9.68. The van der Waals surface area contributed by atoms with Gasteiger partial charge in [0.05, 0.1) is 11.7 Å². The second kappa shape index (κ2) is 4.72. The lowest BCUT2D eigenvalue weighted by Crippen LogP contribution is -2.56. The van der Waals surface area contributed by atoms with E-state index in [1.54, 1.807) is 0 Å². The first-order chi connectivity index (χ1) is 10.3. The van der Waals surface area contributed by atoms with Crippen molar-refractivity contribution in [3.63, 3.8) is 0 Å². The maximum absolute atomic E-state index is 10.9. The van der Waals surface area contributed by atoms with E-state index in [4.69, 9.17) is 0 Å². The fraction of sp³-hybridized carbons (Fsp3) is 1.00. The van der Waals surface area contributed by atoms with Crippen molar-refractivity contribution in [2.45, 2.75) is 90.3 Å². The number of hydrogen-bond acceptors (Lipinski definition) is 2. The van der Waals surface area contributed by atoms with Crippen molar-refractivity contribution in [3.05, 3.63) is 0 Å².